The third-order valence-corrected chi connectivity index (χ3v) is 4.30. The van der Waals surface area contributed by atoms with Crippen molar-refractivity contribution in [3.8, 4) is 0 Å². The maximum Gasteiger partial charge on any atom is 0.348 e. The summed E-state index contributed by atoms with van der Waals surface area (Å²) >= 11 is 1.34. The lowest BCUT2D eigenvalue weighted by Crippen LogP contribution is -2.34. The Kier molecular flexibility index (Phi) is 5.65. The summed E-state index contributed by atoms with van der Waals surface area (Å²) in [7, 11) is 0. The maximum atomic E-state index is 11.9. The van der Waals surface area contributed by atoms with Crippen LogP contribution in [0.5, 0.6) is 0 Å². The number of esters is 1. The molecule has 2 amide bonds. The third-order valence-electron chi connectivity index (χ3n) is 3.23. The zero-order chi connectivity index (χ0) is 16.8. The van der Waals surface area contributed by atoms with Gasteiger partial charge in [0.05, 0.1) is 0 Å². The molecule has 0 unspecified atom stereocenters. The van der Waals surface area contributed by atoms with Gasteiger partial charge in [-0.3, -0.25) is 14.9 Å². The second kappa shape index (κ2) is 7.69. The summed E-state index contributed by atoms with van der Waals surface area (Å²) in [5, 5.41) is 2.18. The minimum absolute atomic E-state index is 0.369. The van der Waals surface area contributed by atoms with Crippen molar-refractivity contribution in [2.24, 2.45) is 0 Å². The zero-order valence-corrected chi connectivity index (χ0v) is 13.7. The molecular formula is C17H17NO4S. The first-order chi connectivity index (χ1) is 11.0. The Morgan fingerprint density at radius 3 is 2.48 bits per heavy atom. The van der Waals surface area contributed by atoms with E-state index in [0.29, 0.717) is 10.4 Å². The van der Waals surface area contributed by atoms with Crippen LogP contribution in [0.3, 0.4) is 0 Å². The number of amides is 2. The molecular weight excluding hydrogens is 314 g/mol. The van der Waals surface area contributed by atoms with Gasteiger partial charge in [-0.1, -0.05) is 25.1 Å². The van der Waals surface area contributed by atoms with Gasteiger partial charge in [-0.2, -0.15) is 0 Å². The summed E-state index contributed by atoms with van der Waals surface area (Å²) in [5.74, 6) is -1.73. The number of rotatable bonds is 5. The lowest BCUT2D eigenvalue weighted by Gasteiger charge is -2.05. The molecule has 1 N–H and O–H groups in total. The second-order valence-corrected chi connectivity index (χ2v) is 6.12. The molecule has 2 rings (SSSR count). The number of ether oxygens (including phenoxy) is 1. The summed E-state index contributed by atoms with van der Waals surface area (Å²) in [6.07, 6.45) is 0.835. The Labute approximate surface area is 138 Å². The third kappa shape index (κ3) is 4.50. The van der Waals surface area contributed by atoms with Crippen molar-refractivity contribution in [1.29, 1.82) is 0 Å². The SMILES string of the molecule is CCc1cc(C(=O)OCC(=O)NC(=O)c2ccccc2)sc1C. The molecule has 0 spiro atoms. The van der Waals surface area contributed by atoms with Gasteiger partial charge in [0, 0.05) is 10.4 Å². The van der Waals surface area contributed by atoms with Gasteiger partial charge in [0.15, 0.2) is 6.61 Å². The number of hydrogen-bond acceptors (Lipinski definition) is 5. The van der Waals surface area contributed by atoms with E-state index in [1.807, 2.05) is 13.8 Å². The molecule has 0 atom stereocenters. The molecule has 0 aliphatic rings. The van der Waals surface area contributed by atoms with Crippen LogP contribution in [0.4, 0.5) is 0 Å². The van der Waals surface area contributed by atoms with Crippen LogP contribution in [0.25, 0.3) is 0 Å². The largest absolute Gasteiger partial charge is 0.451 e. The molecule has 1 aromatic heterocycles. The van der Waals surface area contributed by atoms with E-state index in [1.54, 1.807) is 36.4 Å². The van der Waals surface area contributed by atoms with E-state index in [4.69, 9.17) is 4.74 Å². The number of aryl methyl sites for hydroxylation is 2. The van der Waals surface area contributed by atoms with Crippen molar-refractivity contribution >= 4 is 29.1 Å². The highest BCUT2D eigenvalue weighted by Crippen LogP contribution is 2.22. The van der Waals surface area contributed by atoms with Crippen molar-refractivity contribution in [3.63, 3.8) is 0 Å². The van der Waals surface area contributed by atoms with Gasteiger partial charge in [-0.25, -0.2) is 4.79 Å². The van der Waals surface area contributed by atoms with E-state index in [-0.39, 0.29) is 0 Å². The van der Waals surface area contributed by atoms with Crippen LogP contribution in [0.15, 0.2) is 36.4 Å². The fraction of sp³-hybridized carbons (Fsp3) is 0.235. The molecule has 1 heterocycles. The lowest BCUT2D eigenvalue weighted by molar-refractivity contribution is -0.123. The molecule has 0 aliphatic carbocycles. The topological polar surface area (TPSA) is 72.5 Å². The first kappa shape index (κ1) is 16.9. The predicted octanol–water partition coefficient (Wildman–Crippen LogP) is 2.73. The number of hydrogen-bond donors (Lipinski definition) is 1. The molecule has 5 nitrogen and oxygen atoms in total. The van der Waals surface area contributed by atoms with Gasteiger partial charge in [-0.05, 0) is 37.1 Å². The molecule has 0 aliphatic heterocycles. The molecule has 0 saturated heterocycles. The van der Waals surface area contributed by atoms with Gasteiger partial charge in [0.25, 0.3) is 11.8 Å². The summed E-state index contributed by atoms with van der Waals surface area (Å²) in [5.41, 5.74) is 1.46. The van der Waals surface area contributed by atoms with E-state index < -0.39 is 24.4 Å². The molecule has 6 heteroatoms. The van der Waals surface area contributed by atoms with Crippen molar-refractivity contribution < 1.29 is 19.1 Å². The minimum atomic E-state index is -0.656. The fourth-order valence-electron chi connectivity index (χ4n) is 2.00. The highest BCUT2D eigenvalue weighted by atomic mass is 32.1. The van der Waals surface area contributed by atoms with Crippen LogP contribution < -0.4 is 5.32 Å². The maximum absolute atomic E-state index is 11.9. The van der Waals surface area contributed by atoms with Gasteiger partial charge in [0.2, 0.25) is 0 Å². The van der Waals surface area contributed by atoms with Crippen molar-refractivity contribution in [2.45, 2.75) is 20.3 Å². The summed E-state index contributed by atoms with van der Waals surface area (Å²) in [6.45, 7) is 3.45. The van der Waals surface area contributed by atoms with E-state index in [2.05, 4.69) is 5.32 Å². The molecule has 120 valence electrons. The Morgan fingerprint density at radius 1 is 1.17 bits per heavy atom. The highest BCUT2D eigenvalue weighted by molar-refractivity contribution is 7.14. The molecule has 0 fully saturated rings. The first-order valence-electron chi connectivity index (χ1n) is 7.17. The quantitative estimate of drug-likeness (QED) is 0.855. The van der Waals surface area contributed by atoms with Gasteiger partial charge in [0.1, 0.15) is 4.88 Å². The second-order valence-electron chi connectivity index (χ2n) is 4.87. The number of thiophene rings is 1. The van der Waals surface area contributed by atoms with Crippen LogP contribution in [-0.2, 0) is 16.0 Å². The van der Waals surface area contributed by atoms with Crippen molar-refractivity contribution in [3.05, 3.63) is 57.3 Å². The minimum Gasteiger partial charge on any atom is -0.451 e. The molecule has 0 radical (unpaired) electrons. The number of carbonyl (C=O) groups is 3. The smallest absolute Gasteiger partial charge is 0.348 e. The Bertz CT molecular complexity index is 721. The lowest BCUT2D eigenvalue weighted by atomic mass is 10.2. The van der Waals surface area contributed by atoms with Crippen LogP contribution in [0.1, 0.15) is 37.4 Å². The monoisotopic (exact) mass is 331 g/mol. The molecule has 1 aromatic carbocycles. The molecule has 0 bridgehead atoms. The average Bonchev–Trinajstić information content (AvgIpc) is 2.94. The van der Waals surface area contributed by atoms with Gasteiger partial charge >= 0.3 is 5.97 Å². The van der Waals surface area contributed by atoms with E-state index in [1.165, 1.54) is 11.3 Å². The Morgan fingerprint density at radius 2 is 1.87 bits per heavy atom. The number of nitrogens with one attached hydrogen (secondary N) is 1. The van der Waals surface area contributed by atoms with Crippen molar-refractivity contribution in [1.82, 2.24) is 5.32 Å². The normalized spacial score (nSPS) is 10.2. The zero-order valence-electron chi connectivity index (χ0n) is 12.9. The molecule has 0 saturated carbocycles. The van der Waals surface area contributed by atoms with E-state index >= 15 is 0 Å². The molecule has 2 aromatic rings. The first-order valence-corrected chi connectivity index (χ1v) is 7.98. The van der Waals surface area contributed by atoms with Crippen LogP contribution >= 0.6 is 11.3 Å². The van der Waals surface area contributed by atoms with Crippen molar-refractivity contribution in [2.75, 3.05) is 6.61 Å². The standard InChI is InChI=1S/C17H17NO4S/c1-3-12-9-14(23-11(12)2)17(21)22-10-15(19)18-16(20)13-7-5-4-6-8-13/h4-9H,3,10H2,1-2H3,(H,18,19,20). The van der Waals surface area contributed by atoms with E-state index in [0.717, 1.165) is 16.9 Å². The Hall–Kier alpha value is -2.47. The van der Waals surface area contributed by atoms with Gasteiger partial charge in [-0.15, -0.1) is 11.3 Å². The van der Waals surface area contributed by atoms with Crippen LogP contribution in [-0.4, -0.2) is 24.4 Å². The fourth-order valence-corrected chi connectivity index (χ4v) is 3.01. The highest BCUT2D eigenvalue weighted by Gasteiger charge is 2.16. The Balaban J connectivity index is 1.86. The van der Waals surface area contributed by atoms with Gasteiger partial charge < -0.3 is 4.74 Å². The summed E-state index contributed by atoms with van der Waals surface area (Å²) in [4.78, 5) is 36.9. The summed E-state index contributed by atoms with van der Waals surface area (Å²) in [6, 6.07) is 10.1. The number of benzene rings is 1. The predicted molar refractivity (Wildman–Crippen MR) is 87.6 cm³/mol. The van der Waals surface area contributed by atoms with Crippen LogP contribution in [0, 0.1) is 6.92 Å². The number of carbonyl (C=O) groups excluding carboxylic acids is 3. The van der Waals surface area contributed by atoms with Crippen LogP contribution in [0.2, 0.25) is 0 Å². The molecule has 23 heavy (non-hydrogen) atoms. The number of imide groups is 1. The average molecular weight is 331 g/mol. The van der Waals surface area contributed by atoms with E-state index in [9.17, 15) is 14.4 Å². The summed E-state index contributed by atoms with van der Waals surface area (Å²) < 4.78 is 4.95.